The summed E-state index contributed by atoms with van der Waals surface area (Å²) >= 11 is 0. The maximum Gasteiger partial charge on any atom is 0.295 e. The zero-order chi connectivity index (χ0) is 15.6. The fourth-order valence-corrected chi connectivity index (χ4v) is 2.55. The molecule has 0 radical (unpaired) electrons. The molecule has 0 aliphatic carbocycles. The molecule has 0 spiro atoms. The molecule has 8 nitrogen and oxygen atoms in total. The van der Waals surface area contributed by atoms with Crippen molar-refractivity contribution in [2.75, 3.05) is 0 Å². The summed E-state index contributed by atoms with van der Waals surface area (Å²) in [4.78, 5) is 7.39. The van der Waals surface area contributed by atoms with Crippen molar-refractivity contribution in [1.82, 2.24) is 0 Å². The number of rotatable bonds is 2. The molecule has 0 fully saturated rings. The van der Waals surface area contributed by atoms with Gasteiger partial charge in [-0.25, -0.2) is 4.99 Å². The third-order valence-corrected chi connectivity index (χ3v) is 3.53. The van der Waals surface area contributed by atoms with Crippen LogP contribution in [0.1, 0.15) is 0 Å². The summed E-state index contributed by atoms with van der Waals surface area (Å²) in [6, 6.07) is 9.18. The topological polar surface area (TPSA) is 157 Å². The summed E-state index contributed by atoms with van der Waals surface area (Å²) < 4.78 is 32.0. The molecule has 21 heavy (non-hydrogen) atoms. The molecular formula is C12H13N5O3S. The van der Waals surface area contributed by atoms with E-state index in [9.17, 15) is 13.0 Å². The summed E-state index contributed by atoms with van der Waals surface area (Å²) in [5.74, 6) is -0.408. The van der Waals surface area contributed by atoms with Crippen LogP contribution in [0.25, 0.3) is 10.8 Å². The van der Waals surface area contributed by atoms with E-state index >= 15 is 0 Å². The van der Waals surface area contributed by atoms with E-state index in [1.807, 2.05) is 0 Å². The van der Waals surface area contributed by atoms with E-state index in [4.69, 9.17) is 17.2 Å². The standard InChI is InChI=1S/C12H13N5O3S/c13-11(14)17-12(15)16-9-5-6-10(21(18,19)20)8-4-2-1-3-7(8)9/h1-6H,(H,18,19,20)(H6,13,14,15,16,17). The number of aliphatic imine (C=N–C) groups is 2. The Labute approximate surface area is 120 Å². The van der Waals surface area contributed by atoms with Crippen molar-refractivity contribution in [1.29, 1.82) is 0 Å². The van der Waals surface area contributed by atoms with Crippen molar-refractivity contribution >= 4 is 38.5 Å². The van der Waals surface area contributed by atoms with E-state index in [1.165, 1.54) is 12.1 Å². The van der Waals surface area contributed by atoms with Crippen molar-refractivity contribution < 1.29 is 13.0 Å². The van der Waals surface area contributed by atoms with Gasteiger partial charge >= 0.3 is 0 Å². The number of nitrogens with zero attached hydrogens (tertiary/aromatic N) is 2. The summed E-state index contributed by atoms with van der Waals surface area (Å²) in [5.41, 5.74) is 16.3. The molecular weight excluding hydrogens is 294 g/mol. The van der Waals surface area contributed by atoms with Crippen molar-refractivity contribution in [2.24, 2.45) is 27.2 Å². The van der Waals surface area contributed by atoms with E-state index in [0.29, 0.717) is 16.5 Å². The second-order valence-corrected chi connectivity index (χ2v) is 5.50. The molecule has 7 N–H and O–H groups in total. The smallest absolute Gasteiger partial charge is 0.295 e. The van der Waals surface area contributed by atoms with Crippen LogP contribution in [0.2, 0.25) is 0 Å². The molecule has 2 aromatic carbocycles. The van der Waals surface area contributed by atoms with E-state index in [0.717, 1.165) is 0 Å². The lowest BCUT2D eigenvalue weighted by Crippen LogP contribution is -2.26. The predicted molar refractivity (Wildman–Crippen MR) is 80.9 cm³/mol. The first kappa shape index (κ1) is 14.8. The average molecular weight is 307 g/mol. The molecule has 9 heteroatoms. The maximum absolute atomic E-state index is 11.4. The SMILES string of the molecule is NC(N)=NC(N)=Nc1ccc(S(=O)(=O)O)c2ccccc12. The minimum absolute atomic E-state index is 0.167. The molecule has 0 heterocycles. The van der Waals surface area contributed by atoms with Crippen LogP contribution in [0.15, 0.2) is 51.3 Å². The van der Waals surface area contributed by atoms with E-state index in [-0.39, 0.29) is 16.8 Å². The quantitative estimate of drug-likeness (QED) is 0.355. The zero-order valence-electron chi connectivity index (χ0n) is 10.8. The van der Waals surface area contributed by atoms with E-state index in [1.54, 1.807) is 24.3 Å². The van der Waals surface area contributed by atoms with Crippen molar-refractivity contribution in [3.8, 4) is 0 Å². The second kappa shape index (κ2) is 5.38. The maximum atomic E-state index is 11.4. The van der Waals surface area contributed by atoms with Crippen LogP contribution in [0, 0.1) is 0 Å². The van der Waals surface area contributed by atoms with Gasteiger partial charge in [0.25, 0.3) is 10.1 Å². The molecule has 0 amide bonds. The lowest BCUT2D eigenvalue weighted by Gasteiger charge is -2.06. The van der Waals surface area contributed by atoms with Crippen LogP contribution in [0.4, 0.5) is 5.69 Å². The van der Waals surface area contributed by atoms with Gasteiger partial charge in [0.05, 0.1) is 5.69 Å². The van der Waals surface area contributed by atoms with Gasteiger partial charge in [0.15, 0.2) is 5.96 Å². The van der Waals surface area contributed by atoms with Crippen LogP contribution in [-0.2, 0) is 10.1 Å². The van der Waals surface area contributed by atoms with E-state index < -0.39 is 10.1 Å². The third kappa shape index (κ3) is 3.27. The van der Waals surface area contributed by atoms with Gasteiger partial charge in [-0.2, -0.15) is 13.4 Å². The van der Waals surface area contributed by atoms with Gasteiger partial charge in [0.2, 0.25) is 5.96 Å². The number of nitrogens with two attached hydrogens (primary N) is 3. The Balaban J connectivity index is 2.73. The normalized spacial score (nSPS) is 12.3. The Kier molecular flexibility index (Phi) is 3.78. The minimum Gasteiger partial charge on any atom is -0.370 e. The van der Waals surface area contributed by atoms with Crippen molar-refractivity contribution in [3.05, 3.63) is 36.4 Å². The van der Waals surface area contributed by atoms with Crippen LogP contribution in [-0.4, -0.2) is 24.9 Å². The first-order valence-corrected chi connectivity index (χ1v) is 7.16. The highest BCUT2D eigenvalue weighted by molar-refractivity contribution is 7.86. The average Bonchev–Trinajstić information content (AvgIpc) is 2.36. The van der Waals surface area contributed by atoms with E-state index in [2.05, 4.69) is 9.98 Å². The number of benzene rings is 2. The molecule has 0 unspecified atom stereocenters. The Morgan fingerprint density at radius 2 is 1.62 bits per heavy atom. The van der Waals surface area contributed by atoms with Gasteiger partial charge in [0, 0.05) is 10.8 Å². The lowest BCUT2D eigenvalue weighted by molar-refractivity contribution is 0.484. The Morgan fingerprint density at radius 3 is 2.19 bits per heavy atom. The summed E-state index contributed by atoms with van der Waals surface area (Å²) in [5, 5.41) is 0.806. The third-order valence-electron chi connectivity index (χ3n) is 2.62. The number of hydrogen-bond acceptors (Lipinski definition) is 3. The molecule has 0 atom stereocenters. The largest absolute Gasteiger partial charge is 0.370 e. The van der Waals surface area contributed by atoms with Gasteiger partial charge in [-0.1, -0.05) is 24.3 Å². The Hall–Kier alpha value is -2.65. The highest BCUT2D eigenvalue weighted by Crippen LogP contribution is 2.31. The second-order valence-electron chi connectivity index (χ2n) is 4.11. The van der Waals surface area contributed by atoms with Gasteiger partial charge < -0.3 is 17.2 Å². The Morgan fingerprint density at radius 1 is 1.00 bits per heavy atom. The molecule has 2 rings (SSSR count). The zero-order valence-corrected chi connectivity index (χ0v) is 11.6. The monoisotopic (exact) mass is 307 g/mol. The Bertz CT molecular complexity index is 854. The highest BCUT2D eigenvalue weighted by Gasteiger charge is 2.15. The van der Waals surface area contributed by atoms with Gasteiger partial charge in [-0.05, 0) is 12.1 Å². The van der Waals surface area contributed by atoms with Crippen LogP contribution >= 0.6 is 0 Å². The number of fused-ring (bicyclic) bond motifs is 1. The van der Waals surface area contributed by atoms with Crippen LogP contribution in [0.5, 0.6) is 0 Å². The summed E-state index contributed by atoms with van der Waals surface area (Å²) in [6.07, 6.45) is 0. The summed E-state index contributed by atoms with van der Waals surface area (Å²) in [6.45, 7) is 0. The summed E-state index contributed by atoms with van der Waals surface area (Å²) in [7, 11) is -4.34. The molecule has 0 aliphatic rings. The fourth-order valence-electron chi connectivity index (χ4n) is 1.86. The van der Waals surface area contributed by atoms with Gasteiger partial charge in [-0.15, -0.1) is 0 Å². The van der Waals surface area contributed by atoms with Gasteiger partial charge in [0.1, 0.15) is 4.90 Å². The van der Waals surface area contributed by atoms with Crippen molar-refractivity contribution in [2.45, 2.75) is 4.90 Å². The highest BCUT2D eigenvalue weighted by atomic mass is 32.2. The molecule has 0 aliphatic heterocycles. The van der Waals surface area contributed by atoms with Crippen LogP contribution in [0.3, 0.4) is 0 Å². The molecule has 2 aromatic rings. The fraction of sp³-hybridized carbons (Fsp3) is 0. The molecule has 110 valence electrons. The molecule has 0 saturated heterocycles. The van der Waals surface area contributed by atoms with Gasteiger partial charge in [-0.3, -0.25) is 4.55 Å². The molecule has 0 aromatic heterocycles. The predicted octanol–water partition coefficient (Wildman–Crippen LogP) is 0.306. The first-order valence-electron chi connectivity index (χ1n) is 5.72. The molecule has 0 saturated carbocycles. The molecule has 0 bridgehead atoms. The number of hydrogen-bond donors (Lipinski definition) is 4. The minimum atomic E-state index is -4.34. The first-order chi connectivity index (χ1) is 9.79. The lowest BCUT2D eigenvalue weighted by atomic mass is 10.1. The van der Waals surface area contributed by atoms with Crippen LogP contribution < -0.4 is 17.2 Å². The number of guanidine groups is 2. The van der Waals surface area contributed by atoms with Crippen molar-refractivity contribution in [3.63, 3.8) is 0 Å².